The van der Waals surface area contributed by atoms with Gasteiger partial charge < -0.3 is 15.2 Å². The van der Waals surface area contributed by atoms with Crippen LogP contribution in [0.3, 0.4) is 0 Å². The summed E-state index contributed by atoms with van der Waals surface area (Å²) in [6.07, 6.45) is 1.78. The summed E-state index contributed by atoms with van der Waals surface area (Å²) in [6, 6.07) is 14.1. The minimum absolute atomic E-state index is 0.227. The van der Waals surface area contributed by atoms with E-state index in [0.29, 0.717) is 16.8 Å². The average Bonchev–Trinajstić information content (AvgIpc) is 3.00. The topological polar surface area (TPSA) is 76.0 Å². The van der Waals surface area contributed by atoms with Crippen molar-refractivity contribution in [2.75, 3.05) is 12.4 Å². The maximum absolute atomic E-state index is 12.4. The highest BCUT2D eigenvalue weighted by molar-refractivity contribution is 6.06. The summed E-state index contributed by atoms with van der Waals surface area (Å²) >= 11 is 0. The van der Waals surface area contributed by atoms with Crippen LogP contribution in [0.1, 0.15) is 32.1 Å². The number of hydrogen-bond donors (Lipinski definition) is 2. The van der Waals surface area contributed by atoms with Crippen molar-refractivity contribution in [2.24, 2.45) is 0 Å². The summed E-state index contributed by atoms with van der Waals surface area (Å²) in [4.78, 5) is 28.4. The van der Waals surface area contributed by atoms with E-state index < -0.39 is 0 Å². The molecule has 132 valence electrons. The van der Waals surface area contributed by atoms with Gasteiger partial charge in [0, 0.05) is 35.2 Å². The number of carbonyl (C=O) groups is 2. The summed E-state index contributed by atoms with van der Waals surface area (Å²) in [7, 11) is 1.56. The van der Waals surface area contributed by atoms with Crippen LogP contribution in [-0.4, -0.2) is 28.4 Å². The van der Waals surface area contributed by atoms with Gasteiger partial charge in [-0.1, -0.05) is 6.07 Å². The Balaban J connectivity index is 1.76. The molecule has 3 rings (SSSR count). The van der Waals surface area contributed by atoms with E-state index in [0.717, 1.165) is 17.1 Å². The number of carbonyl (C=O) groups excluding carboxylic acids is 2. The molecule has 0 aliphatic rings. The van der Waals surface area contributed by atoms with E-state index in [9.17, 15) is 9.59 Å². The molecular formula is C20H20N4O2. The van der Waals surface area contributed by atoms with Crippen molar-refractivity contribution in [3.63, 3.8) is 0 Å². The predicted octanol–water partition coefficient (Wildman–Crippen LogP) is 3.10. The summed E-state index contributed by atoms with van der Waals surface area (Å²) in [5, 5.41) is 5.39. The molecule has 0 unspecified atom stereocenters. The van der Waals surface area contributed by atoms with Crippen molar-refractivity contribution in [3.8, 4) is 5.69 Å². The lowest BCUT2D eigenvalue weighted by molar-refractivity contribution is 0.0963. The molecule has 6 nitrogen and oxygen atoms in total. The van der Waals surface area contributed by atoms with Crippen LogP contribution >= 0.6 is 0 Å². The largest absolute Gasteiger partial charge is 0.355 e. The average molecular weight is 348 g/mol. The molecule has 6 heteroatoms. The fourth-order valence-corrected chi connectivity index (χ4v) is 2.61. The van der Waals surface area contributed by atoms with Crippen LogP contribution in [0.25, 0.3) is 5.69 Å². The fraction of sp³-hybridized carbons (Fsp3) is 0.150. The first-order valence-corrected chi connectivity index (χ1v) is 8.24. The Bertz CT molecular complexity index is 958. The SMILES string of the molecule is CNC(=O)c1cccc(C(=O)Nc2ccc(-n3cnc(C)c3C)cc2)c1. The van der Waals surface area contributed by atoms with Gasteiger partial charge in [0.1, 0.15) is 0 Å². The van der Waals surface area contributed by atoms with E-state index in [1.54, 1.807) is 37.6 Å². The zero-order valence-corrected chi connectivity index (χ0v) is 14.9. The molecule has 2 aromatic carbocycles. The van der Waals surface area contributed by atoms with Crippen LogP contribution < -0.4 is 10.6 Å². The predicted molar refractivity (Wildman–Crippen MR) is 101 cm³/mol. The number of aryl methyl sites for hydroxylation is 1. The van der Waals surface area contributed by atoms with E-state index >= 15 is 0 Å². The Morgan fingerprint density at radius 3 is 2.19 bits per heavy atom. The maximum atomic E-state index is 12.4. The van der Waals surface area contributed by atoms with Crippen LogP contribution in [0.5, 0.6) is 0 Å². The van der Waals surface area contributed by atoms with Gasteiger partial charge in [-0.25, -0.2) is 4.98 Å². The molecule has 3 aromatic rings. The van der Waals surface area contributed by atoms with Gasteiger partial charge in [-0.2, -0.15) is 0 Å². The first-order valence-electron chi connectivity index (χ1n) is 8.24. The number of benzene rings is 2. The summed E-state index contributed by atoms with van der Waals surface area (Å²) in [5.41, 5.74) is 4.59. The van der Waals surface area contributed by atoms with E-state index in [1.165, 1.54) is 0 Å². The van der Waals surface area contributed by atoms with Crippen molar-refractivity contribution in [2.45, 2.75) is 13.8 Å². The molecule has 2 N–H and O–H groups in total. The third-order valence-corrected chi connectivity index (χ3v) is 4.27. The van der Waals surface area contributed by atoms with Gasteiger partial charge in [0.25, 0.3) is 11.8 Å². The number of nitrogens with zero attached hydrogens (tertiary/aromatic N) is 2. The third kappa shape index (κ3) is 3.49. The Labute approximate surface area is 151 Å². The second-order valence-electron chi connectivity index (χ2n) is 5.95. The van der Waals surface area contributed by atoms with E-state index in [-0.39, 0.29) is 11.8 Å². The van der Waals surface area contributed by atoms with Gasteiger partial charge in [0.15, 0.2) is 0 Å². The van der Waals surface area contributed by atoms with E-state index in [1.807, 2.05) is 42.7 Å². The molecule has 0 saturated heterocycles. The number of nitrogens with one attached hydrogen (secondary N) is 2. The number of aromatic nitrogens is 2. The Morgan fingerprint density at radius 1 is 0.962 bits per heavy atom. The Hall–Kier alpha value is -3.41. The van der Waals surface area contributed by atoms with Crippen molar-refractivity contribution >= 4 is 17.5 Å². The molecule has 0 spiro atoms. The van der Waals surface area contributed by atoms with Gasteiger partial charge >= 0.3 is 0 Å². The number of imidazole rings is 1. The normalized spacial score (nSPS) is 10.4. The Morgan fingerprint density at radius 2 is 1.62 bits per heavy atom. The smallest absolute Gasteiger partial charge is 0.255 e. The van der Waals surface area contributed by atoms with E-state index in [4.69, 9.17) is 0 Å². The van der Waals surface area contributed by atoms with Crippen LogP contribution in [0, 0.1) is 13.8 Å². The highest BCUT2D eigenvalue weighted by Crippen LogP contribution is 2.17. The first-order chi connectivity index (χ1) is 12.5. The molecule has 1 heterocycles. The molecule has 0 saturated carbocycles. The molecule has 0 radical (unpaired) electrons. The summed E-state index contributed by atoms with van der Waals surface area (Å²) in [6.45, 7) is 3.98. The van der Waals surface area contributed by atoms with E-state index in [2.05, 4.69) is 15.6 Å². The maximum Gasteiger partial charge on any atom is 0.255 e. The summed E-state index contributed by atoms with van der Waals surface area (Å²) in [5.74, 6) is -0.492. The molecule has 0 aliphatic carbocycles. The molecule has 2 amide bonds. The quantitative estimate of drug-likeness (QED) is 0.761. The third-order valence-electron chi connectivity index (χ3n) is 4.27. The lowest BCUT2D eigenvalue weighted by atomic mass is 10.1. The number of anilines is 1. The zero-order valence-electron chi connectivity index (χ0n) is 14.9. The van der Waals surface area contributed by atoms with Crippen molar-refractivity contribution < 1.29 is 9.59 Å². The van der Waals surface area contributed by atoms with Crippen LogP contribution in [-0.2, 0) is 0 Å². The van der Waals surface area contributed by atoms with Gasteiger partial charge in [-0.15, -0.1) is 0 Å². The van der Waals surface area contributed by atoms with Crippen molar-refractivity contribution in [3.05, 3.63) is 77.4 Å². The molecular weight excluding hydrogens is 328 g/mol. The van der Waals surface area contributed by atoms with Crippen LogP contribution in [0.4, 0.5) is 5.69 Å². The molecule has 1 aromatic heterocycles. The minimum atomic E-state index is -0.266. The monoisotopic (exact) mass is 348 g/mol. The first kappa shape index (κ1) is 17.4. The van der Waals surface area contributed by atoms with Gasteiger partial charge in [0.05, 0.1) is 12.0 Å². The van der Waals surface area contributed by atoms with Crippen molar-refractivity contribution in [1.29, 1.82) is 0 Å². The molecule has 0 atom stereocenters. The molecule has 0 bridgehead atoms. The lowest BCUT2D eigenvalue weighted by Gasteiger charge is -2.09. The van der Waals surface area contributed by atoms with Gasteiger partial charge in [0.2, 0.25) is 0 Å². The van der Waals surface area contributed by atoms with Crippen LogP contribution in [0.2, 0.25) is 0 Å². The molecule has 26 heavy (non-hydrogen) atoms. The highest BCUT2D eigenvalue weighted by atomic mass is 16.2. The van der Waals surface area contributed by atoms with Crippen LogP contribution in [0.15, 0.2) is 54.9 Å². The van der Waals surface area contributed by atoms with Gasteiger partial charge in [-0.3, -0.25) is 9.59 Å². The Kier molecular flexibility index (Phi) is 4.84. The molecule has 0 aliphatic heterocycles. The number of hydrogen-bond acceptors (Lipinski definition) is 3. The zero-order chi connectivity index (χ0) is 18.7. The number of rotatable bonds is 4. The minimum Gasteiger partial charge on any atom is -0.355 e. The second kappa shape index (κ2) is 7.23. The standard InChI is InChI=1S/C20H20N4O2/c1-13-14(2)24(12-22-13)18-9-7-17(8-10-18)23-20(26)16-6-4-5-15(11-16)19(25)21-3/h4-12H,1-3H3,(H,21,25)(H,23,26). The lowest BCUT2D eigenvalue weighted by Crippen LogP contribution is -2.19. The highest BCUT2D eigenvalue weighted by Gasteiger charge is 2.10. The van der Waals surface area contributed by atoms with Gasteiger partial charge in [-0.05, 0) is 56.3 Å². The second-order valence-corrected chi connectivity index (χ2v) is 5.95. The fourth-order valence-electron chi connectivity index (χ4n) is 2.61. The summed E-state index contributed by atoms with van der Waals surface area (Å²) < 4.78 is 1.99. The molecule has 0 fully saturated rings. The number of amides is 2. The van der Waals surface area contributed by atoms with Crippen molar-refractivity contribution in [1.82, 2.24) is 14.9 Å².